The molecule has 1 aromatic heterocycles. The Morgan fingerprint density at radius 2 is 2.05 bits per heavy atom. The van der Waals surface area contributed by atoms with Crippen molar-refractivity contribution in [2.24, 2.45) is 0 Å². The third-order valence-corrected chi connectivity index (χ3v) is 4.05. The fraction of sp³-hybridized carbons (Fsp3) is 0.286. The molecule has 1 atom stereocenters. The molecule has 1 aliphatic rings. The lowest BCUT2D eigenvalue weighted by Gasteiger charge is -2.36. The maximum Gasteiger partial charge on any atom is 0.172 e. The van der Waals surface area contributed by atoms with Crippen LogP contribution in [0.5, 0.6) is 0 Å². The minimum absolute atomic E-state index is 0.143. The highest BCUT2D eigenvalue weighted by atomic mass is 35.5. The van der Waals surface area contributed by atoms with Gasteiger partial charge in [0.2, 0.25) is 0 Å². The minimum atomic E-state index is 0.143. The van der Waals surface area contributed by atoms with Crippen LogP contribution in [-0.2, 0) is 0 Å². The van der Waals surface area contributed by atoms with E-state index in [9.17, 15) is 0 Å². The van der Waals surface area contributed by atoms with E-state index in [0.29, 0.717) is 5.15 Å². The standard InChI is InChI=1S/C14H14Cl2N4/c1-9(10-4-2-3-5-11(10)15)20-7-6-17-14-12(20)8-13(16)18-19-14/h2-5,8-9H,6-7H2,1H3,(H,17,19). The van der Waals surface area contributed by atoms with Gasteiger partial charge in [-0.3, -0.25) is 0 Å². The highest BCUT2D eigenvalue weighted by Crippen LogP contribution is 2.36. The number of hydrogen-bond acceptors (Lipinski definition) is 4. The van der Waals surface area contributed by atoms with Gasteiger partial charge in [0.1, 0.15) is 0 Å². The first-order chi connectivity index (χ1) is 9.66. The molecule has 1 aliphatic heterocycles. The van der Waals surface area contributed by atoms with Crippen LogP contribution in [0.25, 0.3) is 0 Å². The van der Waals surface area contributed by atoms with Gasteiger partial charge in [0.15, 0.2) is 11.0 Å². The zero-order valence-corrected chi connectivity index (χ0v) is 12.5. The zero-order valence-electron chi connectivity index (χ0n) is 11.0. The van der Waals surface area contributed by atoms with E-state index in [4.69, 9.17) is 23.2 Å². The molecule has 0 saturated carbocycles. The maximum absolute atomic E-state index is 6.30. The predicted molar refractivity (Wildman–Crippen MR) is 82.7 cm³/mol. The van der Waals surface area contributed by atoms with Crippen molar-refractivity contribution >= 4 is 34.7 Å². The smallest absolute Gasteiger partial charge is 0.172 e. The third-order valence-electron chi connectivity index (χ3n) is 3.52. The Morgan fingerprint density at radius 1 is 1.25 bits per heavy atom. The van der Waals surface area contributed by atoms with Crippen molar-refractivity contribution in [1.82, 2.24) is 10.2 Å². The van der Waals surface area contributed by atoms with E-state index >= 15 is 0 Å². The molecule has 0 aliphatic carbocycles. The number of halogens is 2. The Balaban J connectivity index is 2.00. The first-order valence-corrected chi connectivity index (χ1v) is 7.20. The van der Waals surface area contributed by atoms with Gasteiger partial charge in [-0.15, -0.1) is 10.2 Å². The Kier molecular flexibility index (Phi) is 3.68. The summed E-state index contributed by atoms with van der Waals surface area (Å²) in [5.41, 5.74) is 2.05. The first kappa shape index (κ1) is 13.5. The number of anilines is 2. The molecule has 0 spiro atoms. The third kappa shape index (κ3) is 2.41. The quantitative estimate of drug-likeness (QED) is 0.916. The fourth-order valence-corrected chi connectivity index (χ4v) is 2.94. The summed E-state index contributed by atoms with van der Waals surface area (Å²) in [5, 5.41) is 12.4. The Labute approximate surface area is 127 Å². The molecule has 0 amide bonds. The van der Waals surface area contributed by atoms with Crippen molar-refractivity contribution in [3.63, 3.8) is 0 Å². The fourth-order valence-electron chi connectivity index (χ4n) is 2.50. The van der Waals surface area contributed by atoms with Gasteiger partial charge < -0.3 is 10.2 Å². The van der Waals surface area contributed by atoms with Crippen molar-refractivity contribution in [2.45, 2.75) is 13.0 Å². The lowest BCUT2D eigenvalue weighted by molar-refractivity contribution is 0.663. The van der Waals surface area contributed by atoms with Crippen LogP contribution in [0.3, 0.4) is 0 Å². The molecule has 3 rings (SSSR count). The molecule has 1 aromatic carbocycles. The molecule has 2 aromatic rings. The maximum atomic E-state index is 6.30. The van der Waals surface area contributed by atoms with Crippen molar-refractivity contribution < 1.29 is 0 Å². The van der Waals surface area contributed by atoms with Crippen LogP contribution in [0.1, 0.15) is 18.5 Å². The second-order valence-corrected chi connectivity index (χ2v) is 5.51. The highest BCUT2D eigenvalue weighted by Gasteiger charge is 2.25. The lowest BCUT2D eigenvalue weighted by Crippen LogP contribution is -2.36. The number of aromatic nitrogens is 2. The molecule has 4 nitrogen and oxygen atoms in total. The van der Waals surface area contributed by atoms with Gasteiger partial charge in [-0.2, -0.15) is 0 Å². The highest BCUT2D eigenvalue weighted by molar-refractivity contribution is 6.31. The molecular weight excluding hydrogens is 295 g/mol. The number of benzene rings is 1. The van der Waals surface area contributed by atoms with Crippen LogP contribution in [0, 0.1) is 0 Å². The number of hydrogen-bond donors (Lipinski definition) is 1. The molecule has 0 fully saturated rings. The van der Waals surface area contributed by atoms with Crippen molar-refractivity contribution in [1.29, 1.82) is 0 Å². The van der Waals surface area contributed by atoms with Crippen molar-refractivity contribution in [3.8, 4) is 0 Å². The van der Waals surface area contributed by atoms with Gasteiger partial charge in [-0.25, -0.2) is 0 Å². The predicted octanol–water partition coefficient (Wildman–Crippen LogP) is 3.78. The van der Waals surface area contributed by atoms with Gasteiger partial charge in [-0.05, 0) is 18.6 Å². The molecule has 6 heteroatoms. The van der Waals surface area contributed by atoms with Crippen LogP contribution >= 0.6 is 23.2 Å². The molecule has 1 unspecified atom stereocenters. The zero-order chi connectivity index (χ0) is 14.1. The van der Waals surface area contributed by atoms with Gasteiger partial charge in [-0.1, -0.05) is 41.4 Å². The Hall–Kier alpha value is -1.52. The largest absolute Gasteiger partial charge is 0.365 e. The van der Waals surface area contributed by atoms with E-state index in [1.54, 1.807) is 0 Å². The van der Waals surface area contributed by atoms with Crippen molar-refractivity contribution in [3.05, 3.63) is 46.1 Å². The topological polar surface area (TPSA) is 41.0 Å². The van der Waals surface area contributed by atoms with Gasteiger partial charge >= 0.3 is 0 Å². The molecular formula is C14H14Cl2N4. The average molecular weight is 309 g/mol. The summed E-state index contributed by atoms with van der Waals surface area (Å²) in [6.07, 6.45) is 0. The van der Waals surface area contributed by atoms with E-state index < -0.39 is 0 Å². The first-order valence-electron chi connectivity index (χ1n) is 6.45. The number of nitrogens with one attached hydrogen (secondary N) is 1. The van der Waals surface area contributed by atoms with Crippen LogP contribution < -0.4 is 10.2 Å². The van der Waals surface area contributed by atoms with Gasteiger partial charge in [0.25, 0.3) is 0 Å². The number of nitrogens with zero attached hydrogens (tertiary/aromatic N) is 3. The van der Waals surface area contributed by atoms with E-state index in [1.807, 2.05) is 30.3 Å². The molecule has 104 valence electrons. The summed E-state index contributed by atoms with van der Waals surface area (Å²) in [4.78, 5) is 2.24. The van der Waals surface area contributed by atoms with Gasteiger partial charge in [0, 0.05) is 24.2 Å². The second kappa shape index (κ2) is 5.46. The summed E-state index contributed by atoms with van der Waals surface area (Å²) < 4.78 is 0. The Morgan fingerprint density at radius 3 is 2.85 bits per heavy atom. The normalized spacial score (nSPS) is 15.4. The molecule has 0 bridgehead atoms. The van der Waals surface area contributed by atoms with Crippen molar-refractivity contribution in [2.75, 3.05) is 23.3 Å². The monoisotopic (exact) mass is 308 g/mol. The van der Waals surface area contributed by atoms with E-state index in [2.05, 4.69) is 27.3 Å². The average Bonchev–Trinajstić information content (AvgIpc) is 2.46. The molecule has 20 heavy (non-hydrogen) atoms. The number of rotatable bonds is 2. The van der Waals surface area contributed by atoms with Gasteiger partial charge in [0.05, 0.1) is 11.7 Å². The van der Waals surface area contributed by atoms with Crippen LogP contribution in [0.15, 0.2) is 30.3 Å². The van der Waals surface area contributed by atoms with Crippen LogP contribution in [-0.4, -0.2) is 23.3 Å². The summed E-state index contributed by atoms with van der Waals surface area (Å²) >= 11 is 12.3. The summed E-state index contributed by atoms with van der Waals surface area (Å²) in [6, 6.07) is 9.87. The summed E-state index contributed by atoms with van der Waals surface area (Å²) in [7, 11) is 0. The van der Waals surface area contributed by atoms with Crippen LogP contribution in [0.4, 0.5) is 11.5 Å². The van der Waals surface area contributed by atoms with E-state index in [1.165, 1.54) is 0 Å². The lowest BCUT2D eigenvalue weighted by atomic mass is 10.1. The van der Waals surface area contributed by atoms with E-state index in [0.717, 1.165) is 35.2 Å². The molecule has 0 radical (unpaired) electrons. The number of fused-ring (bicyclic) bond motifs is 1. The minimum Gasteiger partial charge on any atom is -0.365 e. The molecule has 2 heterocycles. The Bertz CT molecular complexity index is 632. The second-order valence-electron chi connectivity index (χ2n) is 4.72. The SMILES string of the molecule is CC(c1ccccc1Cl)N1CCNc2nnc(Cl)cc21. The summed E-state index contributed by atoms with van der Waals surface area (Å²) in [6.45, 7) is 3.81. The molecule has 0 saturated heterocycles. The summed E-state index contributed by atoms with van der Waals surface area (Å²) in [5.74, 6) is 0.763. The molecule has 1 N–H and O–H groups in total. The van der Waals surface area contributed by atoms with E-state index in [-0.39, 0.29) is 6.04 Å². The van der Waals surface area contributed by atoms with Crippen LogP contribution in [0.2, 0.25) is 10.2 Å².